The molecule has 0 spiro atoms. The predicted molar refractivity (Wildman–Crippen MR) is 122 cm³/mol. The number of urea groups is 1. The van der Waals surface area contributed by atoms with Gasteiger partial charge in [0.05, 0.1) is 5.56 Å². The van der Waals surface area contributed by atoms with Gasteiger partial charge in [0.2, 0.25) is 0 Å². The molecule has 1 saturated heterocycles. The van der Waals surface area contributed by atoms with Gasteiger partial charge in [-0.05, 0) is 43.7 Å². The molecule has 3 amide bonds. The number of aromatic nitrogens is 1. The lowest BCUT2D eigenvalue weighted by Crippen LogP contribution is -2.53. The Labute approximate surface area is 182 Å². The molecule has 162 valence electrons. The van der Waals surface area contributed by atoms with Crippen LogP contribution >= 0.6 is 0 Å². The Balaban J connectivity index is 1.44. The largest absolute Gasteiger partial charge is 0.354 e. The predicted octanol–water partition coefficient (Wildman–Crippen LogP) is 3.11. The van der Waals surface area contributed by atoms with Crippen molar-refractivity contribution in [3.63, 3.8) is 0 Å². The lowest BCUT2D eigenvalue weighted by atomic mass is 10.2. The van der Waals surface area contributed by atoms with Crippen LogP contribution in [0.1, 0.15) is 29.8 Å². The van der Waals surface area contributed by atoms with Crippen molar-refractivity contribution in [1.82, 2.24) is 19.9 Å². The Bertz CT molecular complexity index is 1050. The third-order valence-corrected chi connectivity index (χ3v) is 5.49. The molecule has 0 radical (unpaired) electrons. The summed E-state index contributed by atoms with van der Waals surface area (Å²) in [7, 11) is 0. The van der Waals surface area contributed by atoms with Gasteiger partial charge in [0.15, 0.2) is 0 Å². The van der Waals surface area contributed by atoms with Crippen molar-refractivity contribution in [2.24, 2.45) is 0 Å². The monoisotopic (exact) mass is 419 g/mol. The van der Waals surface area contributed by atoms with E-state index in [9.17, 15) is 9.59 Å². The molecule has 0 unspecified atom stereocenters. The van der Waals surface area contributed by atoms with Gasteiger partial charge in [0, 0.05) is 50.5 Å². The van der Waals surface area contributed by atoms with E-state index in [0.29, 0.717) is 25.2 Å². The SMILES string of the molecule is CC(C)NC(=O)N1CCN(c2ccc3ccc(C(=O)NCc4ccccc4)cn23)CC1. The number of amides is 3. The Morgan fingerprint density at radius 3 is 2.35 bits per heavy atom. The summed E-state index contributed by atoms with van der Waals surface area (Å²) in [5, 5.41) is 5.94. The van der Waals surface area contributed by atoms with Gasteiger partial charge in [-0.3, -0.25) is 4.79 Å². The highest BCUT2D eigenvalue weighted by atomic mass is 16.2. The van der Waals surface area contributed by atoms with Gasteiger partial charge in [0.1, 0.15) is 5.82 Å². The Kier molecular flexibility index (Phi) is 6.11. The molecule has 4 rings (SSSR count). The molecule has 7 heteroatoms. The Morgan fingerprint density at radius 1 is 0.935 bits per heavy atom. The standard InChI is InChI=1S/C24H29N5O2/c1-18(2)26-24(31)28-14-12-27(13-15-28)22-11-10-21-9-8-20(17-29(21)22)23(30)25-16-19-6-4-3-5-7-19/h3-11,17-18H,12-16H2,1-2H3,(H,25,30)(H,26,31). The summed E-state index contributed by atoms with van der Waals surface area (Å²) in [6.07, 6.45) is 1.89. The first-order valence-corrected chi connectivity index (χ1v) is 10.7. The highest BCUT2D eigenvalue weighted by Crippen LogP contribution is 2.22. The second kappa shape index (κ2) is 9.12. The van der Waals surface area contributed by atoms with Crippen molar-refractivity contribution in [1.29, 1.82) is 0 Å². The number of fused-ring (bicyclic) bond motifs is 1. The number of benzene rings is 1. The second-order valence-electron chi connectivity index (χ2n) is 8.15. The van der Waals surface area contributed by atoms with Crippen LogP contribution in [0.4, 0.5) is 10.6 Å². The van der Waals surface area contributed by atoms with Crippen molar-refractivity contribution in [2.75, 3.05) is 31.1 Å². The maximum absolute atomic E-state index is 12.7. The molecule has 0 aliphatic carbocycles. The van der Waals surface area contributed by atoms with E-state index in [1.54, 1.807) is 0 Å². The molecule has 3 heterocycles. The van der Waals surface area contributed by atoms with Crippen LogP contribution in [0.5, 0.6) is 0 Å². The van der Waals surface area contributed by atoms with E-state index in [-0.39, 0.29) is 18.0 Å². The first-order valence-electron chi connectivity index (χ1n) is 10.7. The zero-order valence-electron chi connectivity index (χ0n) is 18.0. The zero-order valence-corrected chi connectivity index (χ0v) is 18.0. The van der Waals surface area contributed by atoms with E-state index in [0.717, 1.165) is 30.0 Å². The molecular formula is C24H29N5O2. The van der Waals surface area contributed by atoms with Gasteiger partial charge in [-0.15, -0.1) is 0 Å². The number of carbonyl (C=O) groups is 2. The minimum atomic E-state index is -0.0967. The maximum Gasteiger partial charge on any atom is 0.317 e. The van der Waals surface area contributed by atoms with E-state index >= 15 is 0 Å². The van der Waals surface area contributed by atoms with Crippen molar-refractivity contribution >= 4 is 23.3 Å². The average molecular weight is 420 g/mol. The number of piperazine rings is 1. The van der Waals surface area contributed by atoms with Crippen molar-refractivity contribution < 1.29 is 9.59 Å². The normalized spacial score (nSPS) is 14.2. The summed E-state index contributed by atoms with van der Waals surface area (Å²) < 4.78 is 2.06. The van der Waals surface area contributed by atoms with Crippen LogP contribution in [-0.4, -0.2) is 53.5 Å². The highest BCUT2D eigenvalue weighted by Gasteiger charge is 2.23. The summed E-state index contributed by atoms with van der Waals surface area (Å²) >= 11 is 0. The fourth-order valence-corrected chi connectivity index (χ4v) is 3.84. The molecule has 1 aliphatic heterocycles. The molecule has 1 aliphatic rings. The number of nitrogens with one attached hydrogen (secondary N) is 2. The van der Waals surface area contributed by atoms with E-state index in [1.165, 1.54) is 0 Å². The number of hydrogen-bond donors (Lipinski definition) is 2. The van der Waals surface area contributed by atoms with Crippen molar-refractivity contribution in [3.8, 4) is 0 Å². The molecule has 2 N–H and O–H groups in total. The van der Waals surface area contributed by atoms with Crippen LogP contribution in [0.25, 0.3) is 5.52 Å². The molecule has 0 saturated carbocycles. The Hall–Kier alpha value is -3.48. The number of carbonyl (C=O) groups excluding carboxylic acids is 2. The van der Waals surface area contributed by atoms with Gasteiger partial charge in [-0.1, -0.05) is 30.3 Å². The lowest BCUT2D eigenvalue weighted by molar-refractivity contribution is 0.0950. The molecule has 7 nitrogen and oxygen atoms in total. The van der Waals surface area contributed by atoms with Gasteiger partial charge in [-0.25, -0.2) is 4.79 Å². The number of pyridine rings is 1. The summed E-state index contributed by atoms with van der Waals surface area (Å²) in [5.41, 5.74) is 2.73. The molecule has 2 aromatic heterocycles. The molecule has 31 heavy (non-hydrogen) atoms. The van der Waals surface area contributed by atoms with Crippen LogP contribution in [0.3, 0.4) is 0 Å². The summed E-state index contributed by atoms with van der Waals surface area (Å²) in [6, 6.07) is 18.0. The van der Waals surface area contributed by atoms with Crippen LogP contribution in [0.15, 0.2) is 60.8 Å². The fraction of sp³-hybridized carbons (Fsp3) is 0.333. The second-order valence-corrected chi connectivity index (χ2v) is 8.15. The summed E-state index contributed by atoms with van der Waals surface area (Å²) in [5.74, 6) is 0.942. The third kappa shape index (κ3) is 4.82. The topological polar surface area (TPSA) is 69.1 Å². The first-order chi connectivity index (χ1) is 15.0. The molecule has 1 aromatic carbocycles. The minimum absolute atomic E-state index is 0.00737. The molecular weight excluding hydrogens is 390 g/mol. The van der Waals surface area contributed by atoms with Gasteiger partial charge in [0.25, 0.3) is 5.91 Å². The van der Waals surface area contributed by atoms with E-state index < -0.39 is 0 Å². The number of rotatable bonds is 5. The zero-order chi connectivity index (χ0) is 21.8. The summed E-state index contributed by atoms with van der Waals surface area (Å²) in [6.45, 7) is 7.27. The number of hydrogen-bond acceptors (Lipinski definition) is 3. The van der Waals surface area contributed by atoms with E-state index in [1.807, 2.05) is 67.4 Å². The quantitative estimate of drug-likeness (QED) is 0.668. The average Bonchev–Trinajstić information content (AvgIpc) is 3.21. The van der Waals surface area contributed by atoms with Crippen molar-refractivity contribution in [2.45, 2.75) is 26.4 Å². The van der Waals surface area contributed by atoms with Gasteiger partial charge >= 0.3 is 6.03 Å². The minimum Gasteiger partial charge on any atom is -0.354 e. The first kappa shape index (κ1) is 20.8. The lowest BCUT2D eigenvalue weighted by Gasteiger charge is -2.36. The number of anilines is 1. The molecule has 1 fully saturated rings. The Morgan fingerprint density at radius 2 is 1.65 bits per heavy atom. The maximum atomic E-state index is 12.7. The van der Waals surface area contributed by atoms with E-state index in [2.05, 4.69) is 32.1 Å². The fourth-order valence-electron chi connectivity index (χ4n) is 3.84. The smallest absolute Gasteiger partial charge is 0.317 e. The van der Waals surface area contributed by atoms with Crippen LogP contribution in [-0.2, 0) is 6.54 Å². The van der Waals surface area contributed by atoms with Crippen LogP contribution < -0.4 is 15.5 Å². The number of nitrogens with zero attached hydrogens (tertiary/aromatic N) is 3. The molecule has 0 atom stereocenters. The van der Waals surface area contributed by atoms with E-state index in [4.69, 9.17) is 0 Å². The molecule has 0 bridgehead atoms. The molecule has 3 aromatic rings. The van der Waals surface area contributed by atoms with Gasteiger partial charge in [-0.2, -0.15) is 0 Å². The third-order valence-electron chi connectivity index (χ3n) is 5.49. The van der Waals surface area contributed by atoms with Crippen molar-refractivity contribution in [3.05, 3.63) is 71.9 Å². The van der Waals surface area contributed by atoms with Crippen LogP contribution in [0.2, 0.25) is 0 Å². The summed E-state index contributed by atoms with van der Waals surface area (Å²) in [4.78, 5) is 29.0. The van der Waals surface area contributed by atoms with Crippen LogP contribution in [0, 0.1) is 0 Å². The van der Waals surface area contributed by atoms with Gasteiger partial charge < -0.3 is 24.8 Å². The highest BCUT2D eigenvalue weighted by molar-refractivity contribution is 5.94.